The number of hydrogen-bond donors (Lipinski definition) is 3. The summed E-state index contributed by atoms with van der Waals surface area (Å²) in [7, 11) is 1.34. The van der Waals surface area contributed by atoms with Crippen LogP contribution in [0.25, 0.3) is 0 Å². The van der Waals surface area contributed by atoms with Crippen LogP contribution < -0.4 is 11.1 Å². The molecule has 1 amide bonds. The van der Waals surface area contributed by atoms with Crippen LogP contribution in [0.15, 0.2) is 11.8 Å². The van der Waals surface area contributed by atoms with Gasteiger partial charge in [0.05, 0.1) is 6.04 Å². The quantitative estimate of drug-likeness (QED) is 0.561. The first-order chi connectivity index (χ1) is 7.45. The van der Waals surface area contributed by atoms with Crippen LogP contribution >= 0.6 is 0 Å². The first-order valence-electron chi connectivity index (χ1n) is 4.63. The van der Waals surface area contributed by atoms with E-state index >= 15 is 0 Å². The van der Waals surface area contributed by atoms with E-state index in [0.29, 0.717) is 0 Å². The van der Waals surface area contributed by atoms with Gasteiger partial charge in [-0.1, -0.05) is 0 Å². The van der Waals surface area contributed by atoms with Crippen LogP contribution in [-0.2, 0) is 19.1 Å². The van der Waals surface area contributed by atoms with Crippen LogP contribution in [0.1, 0.15) is 6.92 Å². The molecule has 90 valence electrons. The molecule has 16 heavy (non-hydrogen) atoms. The Labute approximate surface area is 92.2 Å². The highest BCUT2D eigenvalue weighted by Crippen LogP contribution is 2.17. The van der Waals surface area contributed by atoms with Gasteiger partial charge in [0, 0.05) is 14.0 Å². The number of ether oxygens (including phenoxy) is 2. The molecule has 0 bridgehead atoms. The maximum Gasteiger partial charge on any atom is 0.371 e. The van der Waals surface area contributed by atoms with Crippen LogP contribution in [0.3, 0.4) is 0 Å². The van der Waals surface area contributed by atoms with Crippen molar-refractivity contribution >= 4 is 11.9 Å². The third-order valence-electron chi connectivity index (χ3n) is 2.11. The highest BCUT2D eigenvalue weighted by molar-refractivity contribution is 5.84. The molecule has 1 aliphatic heterocycles. The standard InChI is InChI=1S/C9H14N2O5/c1-4(12)11-7-5(10)3-6(8(13)14)16-9(7)15-2/h3,5,7,9H,10H2,1-2H3,(H,11,12)(H,13,14)/t5-,7-,9+/m0/s1. The van der Waals surface area contributed by atoms with Gasteiger partial charge in [-0.3, -0.25) is 4.79 Å². The van der Waals surface area contributed by atoms with Gasteiger partial charge in [0.25, 0.3) is 0 Å². The largest absolute Gasteiger partial charge is 0.475 e. The van der Waals surface area contributed by atoms with E-state index < -0.39 is 24.3 Å². The smallest absolute Gasteiger partial charge is 0.371 e. The van der Waals surface area contributed by atoms with E-state index in [-0.39, 0.29) is 11.7 Å². The van der Waals surface area contributed by atoms with E-state index in [1.54, 1.807) is 0 Å². The Morgan fingerprint density at radius 2 is 2.25 bits per heavy atom. The lowest BCUT2D eigenvalue weighted by Crippen LogP contribution is -2.56. The Morgan fingerprint density at radius 1 is 1.62 bits per heavy atom. The van der Waals surface area contributed by atoms with Crippen LogP contribution in [0.5, 0.6) is 0 Å². The number of aliphatic carboxylic acids is 1. The van der Waals surface area contributed by atoms with Gasteiger partial charge in [-0.2, -0.15) is 0 Å². The second kappa shape index (κ2) is 4.95. The first kappa shape index (κ1) is 12.5. The average molecular weight is 230 g/mol. The van der Waals surface area contributed by atoms with Crippen molar-refractivity contribution < 1.29 is 24.2 Å². The zero-order valence-corrected chi connectivity index (χ0v) is 8.97. The van der Waals surface area contributed by atoms with E-state index in [1.165, 1.54) is 20.1 Å². The number of methoxy groups -OCH3 is 1. The zero-order valence-electron chi connectivity index (χ0n) is 8.97. The molecule has 0 unspecified atom stereocenters. The third kappa shape index (κ3) is 2.71. The second-order valence-corrected chi connectivity index (χ2v) is 3.36. The summed E-state index contributed by atoms with van der Waals surface area (Å²) in [5.74, 6) is -1.79. The minimum absolute atomic E-state index is 0.277. The van der Waals surface area contributed by atoms with Crippen molar-refractivity contribution in [2.24, 2.45) is 5.73 Å². The van der Waals surface area contributed by atoms with Crippen molar-refractivity contribution in [3.8, 4) is 0 Å². The molecule has 4 N–H and O–H groups in total. The SMILES string of the molecule is CO[C@@H]1OC(C(=O)O)=C[C@H](N)[C@@H]1NC(C)=O. The topological polar surface area (TPSA) is 111 Å². The lowest BCUT2D eigenvalue weighted by molar-refractivity contribution is -0.157. The van der Waals surface area contributed by atoms with Gasteiger partial charge in [0.2, 0.25) is 18.0 Å². The fraction of sp³-hybridized carbons (Fsp3) is 0.556. The summed E-state index contributed by atoms with van der Waals surface area (Å²) in [5, 5.41) is 11.3. The van der Waals surface area contributed by atoms with Crippen molar-refractivity contribution in [2.75, 3.05) is 7.11 Å². The van der Waals surface area contributed by atoms with Crippen molar-refractivity contribution in [2.45, 2.75) is 25.3 Å². The van der Waals surface area contributed by atoms with Gasteiger partial charge in [-0.15, -0.1) is 0 Å². The number of carboxylic acid groups (broad SMARTS) is 1. The summed E-state index contributed by atoms with van der Waals surface area (Å²) in [6, 6.07) is -1.28. The molecule has 0 fully saturated rings. The molecule has 0 aromatic carbocycles. The molecule has 1 aliphatic rings. The Hall–Kier alpha value is -1.60. The van der Waals surface area contributed by atoms with Crippen molar-refractivity contribution in [1.29, 1.82) is 0 Å². The Bertz CT molecular complexity index is 328. The molecule has 0 spiro atoms. The summed E-state index contributed by atoms with van der Waals surface area (Å²) in [6.45, 7) is 1.33. The third-order valence-corrected chi connectivity index (χ3v) is 2.11. The van der Waals surface area contributed by atoms with Gasteiger partial charge in [-0.05, 0) is 6.08 Å². The van der Waals surface area contributed by atoms with Crippen molar-refractivity contribution in [3.05, 3.63) is 11.8 Å². The van der Waals surface area contributed by atoms with Gasteiger partial charge < -0.3 is 25.6 Å². The number of hydrogen-bond acceptors (Lipinski definition) is 5. The van der Waals surface area contributed by atoms with Crippen LogP contribution in [0.2, 0.25) is 0 Å². The van der Waals surface area contributed by atoms with Crippen LogP contribution in [-0.4, -0.2) is 42.5 Å². The molecule has 0 aromatic heterocycles. The van der Waals surface area contributed by atoms with E-state index in [9.17, 15) is 9.59 Å². The van der Waals surface area contributed by atoms with Gasteiger partial charge in [0.1, 0.15) is 6.04 Å². The summed E-state index contributed by atoms with van der Waals surface area (Å²) in [6.07, 6.45) is 0.327. The first-order valence-corrected chi connectivity index (χ1v) is 4.63. The summed E-state index contributed by atoms with van der Waals surface area (Å²) >= 11 is 0. The number of carboxylic acids is 1. The van der Waals surface area contributed by atoms with E-state index in [1.807, 2.05) is 0 Å². The molecule has 0 aromatic rings. The van der Waals surface area contributed by atoms with Gasteiger partial charge in [-0.25, -0.2) is 4.79 Å². The average Bonchev–Trinajstić information content (AvgIpc) is 2.19. The molecule has 1 rings (SSSR count). The van der Waals surface area contributed by atoms with Gasteiger partial charge in [0.15, 0.2) is 0 Å². The van der Waals surface area contributed by atoms with Crippen molar-refractivity contribution in [3.63, 3.8) is 0 Å². The van der Waals surface area contributed by atoms with E-state index in [2.05, 4.69) is 5.32 Å². The molecular formula is C9H14N2O5. The molecule has 7 nitrogen and oxygen atoms in total. The fourth-order valence-corrected chi connectivity index (χ4v) is 1.41. The number of carbonyl (C=O) groups excluding carboxylic acids is 1. The summed E-state index contributed by atoms with van der Waals surface area (Å²) in [4.78, 5) is 21.6. The predicted octanol–water partition coefficient (Wildman–Crippen LogP) is -1.21. The minimum atomic E-state index is -1.22. The lowest BCUT2D eigenvalue weighted by atomic mass is 10.1. The highest BCUT2D eigenvalue weighted by atomic mass is 16.7. The predicted molar refractivity (Wildman–Crippen MR) is 53.2 cm³/mol. The summed E-state index contributed by atoms with van der Waals surface area (Å²) in [5.41, 5.74) is 5.71. The van der Waals surface area contributed by atoms with Crippen LogP contribution in [0, 0.1) is 0 Å². The molecule has 0 saturated carbocycles. The number of carbonyl (C=O) groups is 2. The number of nitrogens with two attached hydrogens (primary N) is 1. The summed E-state index contributed by atoms with van der Waals surface area (Å²) < 4.78 is 9.96. The lowest BCUT2D eigenvalue weighted by Gasteiger charge is -2.33. The molecule has 3 atom stereocenters. The molecule has 0 aliphatic carbocycles. The Balaban J connectivity index is 2.86. The van der Waals surface area contributed by atoms with E-state index in [4.69, 9.17) is 20.3 Å². The number of amides is 1. The normalized spacial score (nSPS) is 28.9. The maximum absolute atomic E-state index is 10.9. The maximum atomic E-state index is 10.9. The second-order valence-electron chi connectivity index (χ2n) is 3.36. The van der Waals surface area contributed by atoms with Crippen LogP contribution in [0.4, 0.5) is 0 Å². The van der Waals surface area contributed by atoms with E-state index in [0.717, 1.165) is 0 Å². The zero-order chi connectivity index (χ0) is 12.3. The molecular weight excluding hydrogens is 216 g/mol. The monoisotopic (exact) mass is 230 g/mol. The Morgan fingerprint density at radius 3 is 2.69 bits per heavy atom. The molecule has 0 saturated heterocycles. The highest BCUT2D eigenvalue weighted by Gasteiger charge is 2.35. The Kier molecular flexibility index (Phi) is 3.86. The number of nitrogens with one attached hydrogen (secondary N) is 1. The molecule has 1 heterocycles. The van der Waals surface area contributed by atoms with Crippen molar-refractivity contribution in [1.82, 2.24) is 5.32 Å². The van der Waals surface area contributed by atoms with Gasteiger partial charge >= 0.3 is 5.97 Å². The molecule has 0 radical (unpaired) electrons. The minimum Gasteiger partial charge on any atom is -0.475 e. The molecule has 7 heteroatoms. The fourth-order valence-electron chi connectivity index (χ4n) is 1.41. The number of rotatable bonds is 3.